The molecule has 0 atom stereocenters. The van der Waals surface area contributed by atoms with Gasteiger partial charge in [-0.05, 0) is 52.3 Å². The number of halogens is 3. The highest BCUT2D eigenvalue weighted by Crippen LogP contribution is 2.27. The molecule has 0 saturated heterocycles. The Morgan fingerprint density at radius 1 is 1.08 bits per heavy atom. The van der Waals surface area contributed by atoms with Gasteiger partial charge in [0.1, 0.15) is 0 Å². The minimum Gasteiger partial charge on any atom is -0.322 e. The maximum Gasteiger partial charge on any atom is 0.256 e. The number of hydrogen-bond acceptors (Lipinski definition) is 3. The van der Waals surface area contributed by atoms with E-state index in [0.717, 1.165) is 0 Å². The SMILES string of the molecule is CCN(CC)S(=O)(=O)c1ccc(Br)c(C(=O)Nc2ccc(Cl)c(Cl)c2)c1. The van der Waals surface area contributed by atoms with Crippen molar-refractivity contribution in [1.82, 2.24) is 4.31 Å². The van der Waals surface area contributed by atoms with E-state index >= 15 is 0 Å². The van der Waals surface area contributed by atoms with Gasteiger partial charge < -0.3 is 5.32 Å². The summed E-state index contributed by atoms with van der Waals surface area (Å²) >= 11 is 15.1. The first-order valence-corrected chi connectivity index (χ1v) is 10.8. The Labute approximate surface area is 171 Å². The average Bonchev–Trinajstić information content (AvgIpc) is 2.59. The first kappa shape index (κ1) is 21.2. The lowest BCUT2D eigenvalue weighted by molar-refractivity contribution is 0.102. The van der Waals surface area contributed by atoms with Gasteiger partial charge in [-0.3, -0.25) is 4.79 Å². The first-order chi connectivity index (χ1) is 12.2. The zero-order valence-corrected chi connectivity index (χ0v) is 18.0. The zero-order chi connectivity index (χ0) is 19.5. The molecular weight excluding hydrogens is 463 g/mol. The summed E-state index contributed by atoms with van der Waals surface area (Å²) < 4.78 is 27.1. The summed E-state index contributed by atoms with van der Waals surface area (Å²) in [5.74, 6) is -0.466. The summed E-state index contributed by atoms with van der Waals surface area (Å²) in [4.78, 5) is 12.7. The molecule has 26 heavy (non-hydrogen) atoms. The molecule has 2 aromatic rings. The van der Waals surface area contributed by atoms with Crippen molar-refractivity contribution in [3.63, 3.8) is 0 Å². The summed E-state index contributed by atoms with van der Waals surface area (Å²) in [6.07, 6.45) is 0. The van der Waals surface area contributed by atoms with Crippen LogP contribution in [0.4, 0.5) is 5.69 Å². The molecule has 0 fully saturated rings. The summed E-state index contributed by atoms with van der Waals surface area (Å²) in [6.45, 7) is 4.22. The lowest BCUT2D eigenvalue weighted by atomic mass is 10.2. The van der Waals surface area contributed by atoms with Crippen LogP contribution in [0.1, 0.15) is 24.2 Å². The first-order valence-electron chi connectivity index (χ1n) is 7.76. The molecule has 140 valence electrons. The second-order valence-electron chi connectivity index (χ2n) is 5.31. The van der Waals surface area contributed by atoms with E-state index < -0.39 is 15.9 Å². The maximum absolute atomic E-state index is 12.7. The molecular formula is C17H17BrCl2N2O3S. The molecule has 0 radical (unpaired) electrons. The standard InChI is InChI=1S/C17H17BrCl2N2O3S/c1-3-22(4-2)26(24,25)12-6-7-14(18)13(10-12)17(23)21-11-5-8-15(19)16(20)9-11/h5-10H,3-4H2,1-2H3,(H,21,23). The molecule has 0 spiro atoms. The fourth-order valence-electron chi connectivity index (χ4n) is 2.32. The molecule has 1 N–H and O–H groups in total. The van der Waals surface area contributed by atoms with Crippen molar-refractivity contribution in [1.29, 1.82) is 0 Å². The highest BCUT2D eigenvalue weighted by molar-refractivity contribution is 9.10. The van der Waals surface area contributed by atoms with Crippen LogP contribution in [-0.4, -0.2) is 31.7 Å². The Morgan fingerprint density at radius 2 is 1.73 bits per heavy atom. The molecule has 2 rings (SSSR count). The second kappa shape index (κ2) is 8.71. The van der Waals surface area contributed by atoms with Crippen LogP contribution < -0.4 is 5.32 Å². The molecule has 0 aliphatic rings. The van der Waals surface area contributed by atoms with E-state index in [1.54, 1.807) is 32.0 Å². The van der Waals surface area contributed by atoms with Crippen molar-refractivity contribution in [3.8, 4) is 0 Å². The number of hydrogen-bond donors (Lipinski definition) is 1. The number of amides is 1. The van der Waals surface area contributed by atoms with E-state index in [9.17, 15) is 13.2 Å². The van der Waals surface area contributed by atoms with Crippen LogP contribution in [0.15, 0.2) is 45.8 Å². The van der Waals surface area contributed by atoms with Gasteiger partial charge in [0.25, 0.3) is 5.91 Å². The predicted octanol–water partition coefficient (Wildman–Crippen LogP) is 5.04. The van der Waals surface area contributed by atoms with Gasteiger partial charge in [-0.25, -0.2) is 8.42 Å². The largest absolute Gasteiger partial charge is 0.322 e. The second-order valence-corrected chi connectivity index (χ2v) is 8.92. The van der Waals surface area contributed by atoms with Gasteiger partial charge in [-0.15, -0.1) is 0 Å². The Hall–Kier alpha value is -1.12. The summed E-state index contributed by atoms with van der Waals surface area (Å²) in [7, 11) is -3.67. The molecule has 0 aliphatic heterocycles. The number of nitrogens with zero attached hydrogens (tertiary/aromatic N) is 1. The molecule has 0 aliphatic carbocycles. The molecule has 0 unspecified atom stereocenters. The average molecular weight is 480 g/mol. The fraction of sp³-hybridized carbons (Fsp3) is 0.235. The molecule has 1 amide bonds. The van der Waals surface area contributed by atoms with Gasteiger partial charge in [0.05, 0.1) is 20.5 Å². The van der Waals surface area contributed by atoms with Gasteiger partial charge in [0, 0.05) is 23.2 Å². The Balaban J connectivity index is 2.37. The van der Waals surface area contributed by atoms with E-state index in [1.165, 1.54) is 22.5 Å². The van der Waals surface area contributed by atoms with Crippen molar-refractivity contribution < 1.29 is 13.2 Å². The minimum absolute atomic E-state index is 0.0590. The summed E-state index contributed by atoms with van der Waals surface area (Å²) in [6, 6.07) is 9.05. The highest BCUT2D eigenvalue weighted by atomic mass is 79.9. The van der Waals surface area contributed by atoms with Crippen molar-refractivity contribution in [3.05, 3.63) is 56.5 Å². The number of benzene rings is 2. The lowest BCUT2D eigenvalue weighted by Gasteiger charge is -2.19. The molecule has 5 nitrogen and oxygen atoms in total. The Morgan fingerprint density at radius 3 is 2.31 bits per heavy atom. The monoisotopic (exact) mass is 478 g/mol. The number of rotatable bonds is 6. The van der Waals surface area contributed by atoms with Gasteiger partial charge in [-0.1, -0.05) is 37.0 Å². The van der Waals surface area contributed by atoms with Crippen LogP contribution in [0.5, 0.6) is 0 Å². The normalized spacial score (nSPS) is 11.6. The third kappa shape index (κ3) is 4.58. The van der Waals surface area contributed by atoms with Crippen molar-refractivity contribution >= 4 is 60.7 Å². The number of nitrogens with one attached hydrogen (secondary N) is 1. The summed E-state index contributed by atoms with van der Waals surface area (Å²) in [5, 5.41) is 3.36. The Kier molecular flexibility index (Phi) is 7.10. The third-order valence-corrected chi connectivity index (χ3v) is 7.18. The zero-order valence-electron chi connectivity index (χ0n) is 14.1. The number of carbonyl (C=O) groups is 1. The molecule has 0 saturated carbocycles. The van der Waals surface area contributed by atoms with Crippen molar-refractivity contribution in [2.45, 2.75) is 18.7 Å². The highest BCUT2D eigenvalue weighted by Gasteiger charge is 2.23. The molecule has 0 aromatic heterocycles. The van der Waals surface area contributed by atoms with Crippen LogP contribution in [0, 0.1) is 0 Å². The number of carbonyl (C=O) groups excluding carboxylic acids is 1. The van der Waals surface area contributed by atoms with Crippen LogP contribution >= 0.6 is 39.1 Å². The van der Waals surface area contributed by atoms with Gasteiger partial charge in [-0.2, -0.15) is 4.31 Å². The van der Waals surface area contributed by atoms with Crippen LogP contribution in [0.3, 0.4) is 0 Å². The van der Waals surface area contributed by atoms with E-state index in [0.29, 0.717) is 33.3 Å². The molecule has 0 heterocycles. The van der Waals surface area contributed by atoms with E-state index in [2.05, 4.69) is 21.2 Å². The number of sulfonamides is 1. The van der Waals surface area contributed by atoms with Gasteiger partial charge in [0.2, 0.25) is 10.0 Å². The maximum atomic E-state index is 12.7. The summed E-state index contributed by atoms with van der Waals surface area (Å²) in [5.41, 5.74) is 0.651. The van der Waals surface area contributed by atoms with Crippen LogP contribution in [0.2, 0.25) is 10.0 Å². The minimum atomic E-state index is -3.67. The third-order valence-electron chi connectivity index (χ3n) is 3.70. The Bertz CT molecular complexity index is 932. The van der Waals surface area contributed by atoms with Crippen molar-refractivity contribution in [2.24, 2.45) is 0 Å². The fourth-order valence-corrected chi connectivity index (χ4v) is 4.53. The molecule has 2 aromatic carbocycles. The van der Waals surface area contributed by atoms with Crippen LogP contribution in [0.25, 0.3) is 0 Å². The number of anilines is 1. The van der Waals surface area contributed by atoms with Gasteiger partial charge >= 0.3 is 0 Å². The van der Waals surface area contributed by atoms with Gasteiger partial charge in [0.15, 0.2) is 0 Å². The van der Waals surface area contributed by atoms with Crippen LogP contribution in [-0.2, 0) is 10.0 Å². The smallest absolute Gasteiger partial charge is 0.256 e. The quantitative estimate of drug-likeness (QED) is 0.631. The molecule has 0 bridgehead atoms. The predicted molar refractivity (Wildman–Crippen MR) is 109 cm³/mol. The lowest BCUT2D eigenvalue weighted by Crippen LogP contribution is -2.30. The van der Waals surface area contributed by atoms with Crippen molar-refractivity contribution in [2.75, 3.05) is 18.4 Å². The van der Waals surface area contributed by atoms with E-state index in [-0.39, 0.29) is 10.5 Å². The topological polar surface area (TPSA) is 66.5 Å². The van der Waals surface area contributed by atoms with E-state index in [4.69, 9.17) is 23.2 Å². The van der Waals surface area contributed by atoms with E-state index in [1.807, 2.05) is 0 Å². The molecule has 9 heteroatoms.